The van der Waals surface area contributed by atoms with Gasteiger partial charge < -0.3 is 26.1 Å². The predicted octanol–water partition coefficient (Wildman–Crippen LogP) is 3.24. The van der Waals surface area contributed by atoms with Crippen LogP contribution in [-0.4, -0.2) is 55.9 Å². The Bertz CT molecular complexity index is 1340. The molecule has 0 unspecified atom stereocenters. The number of carbonyl (C=O) groups is 1. The van der Waals surface area contributed by atoms with E-state index in [2.05, 4.69) is 20.4 Å². The number of carbonyl (C=O) groups excluding carboxylic acids is 1. The number of para-hydroxylation sites is 1. The Morgan fingerprint density at radius 3 is 2.85 bits per heavy atom. The quantitative estimate of drug-likeness (QED) is 0.379. The van der Waals surface area contributed by atoms with Crippen molar-refractivity contribution in [1.29, 1.82) is 5.41 Å². The molecule has 172 valence electrons. The second-order valence-corrected chi connectivity index (χ2v) is 8.06. The highest BCUT2D eigenvalue weighted by molar-refractivity contribution is 6.24. The highest BCUT2D eigenvalue weighted by Gasteiger charge is 2.25. The molecule has 1 saturated heterocycles. The average Bonchev–Trinajstić information content (AvgIpc) is 3.27. The molecule has 0 bridgehead atoms. The van der Waals surface area contributed by atoms with E-state index in [-0.39, 0.29) is 17.8 Å². The number of hydrogen-bond donors (Lipinski definition) is 3. The molecule has 1 fully saturated rings. The minimum atomic E-state index is -0.291. The van der Waals surface area contributed by atoms with Crippen LogP contribution in [0.2, 0.25) is 0 Å². The van der Waals surface area contributed by atoms with E-state index in [9.17, 15) is 4.79 Å². The maximum atomic E-state index is 11.9. The summed E-state index contributed by atoms with van der Waals surface area (Å²) in [6.45, 7) is 1.12. The third-order valence-electron chi connectivity index (χ3n) is 5.78. The molecule has 1 aliphatic heterocycles. The van der Waals surface area contributed by atoms with Crippen molar-refractivity contribution in [2.45, 2.75) is 18.9 Å². The van der Waals surface area contributed by atoms with E-state index in [0.717, 1.165) is 35.7 Å². The van der Waals surface area contributed by atoms with Gasteiger partial charge in [0.15, 0.2) is 11.6 Å². The van der Waals surface area contributed by atoms with Gasteiger partial charge in [-0.05, 0) is 43.2 Å². The van der Waals surface area contributed by atoms with E-state index in [4.69, 9.17) is 15.9 Å². The van der Waals surface area contributed by atoms with E-state index in [1.165, 1.54) is 6.33 Å². The van der Waals surface area contributed by atoms with Gasteiger partial charge in [0.2, 0.25) is 0 Å². The molecule has 34 heavy (non-hydrogen) atoms. The van der Waals surface area contributed by atoms with Gasteiger partial charge in [-0.2, -0.15) is 5.10 Å². The molecule has 0 radical (unpaired) electrons. The number of nitrogen functional groups attached to an aromatic ring is 1. The van der Waals surface area contributed by atoms with Crippen LogP contribution in [-0.2, 0) is 4.79 Å². The lowest BCUT2D eigenvalue weighted by atomic mass is 10.1. The Morgan fingerprint density at radius 1 is 1.18 bits per heavy atom. The fourth-order valence-electron chi connectivity index (χ4n) is 4.16. The van der Waals surface area contributed by atoms with Crippen LogP contribution < -0.4 is 15.8 Å². The number of fused-ring (bicyclic) bond motifs is 1. The first-order valence-electron chi connectivity index (χ1n) is 11.0. The predicted molar refractivity (Wildman–Crippen MR) is 130 cm³/mol. The fraction of sp³-hybridized carbons (Fsp3) is 0.208. The van der Waals surface area contributed by atoms with Gasteiger partial charge in [-0.3, -0.25) is 4.79 Å². The summed E-state index contributed by atoms with van der Waals surface area (Å²) in [7, 11) is 0. The molecule has 2 aromatic carbocycles. The Hall–Kier alpha value is -4.47. The maximum Gasteiger partial charge on any atom is 0.264 e. The average molecular weight is 457 g/mol. The number of hydrogen-bond acceptors (Lipinski definition) is 8. The van der Waals surface area contributed by atoms with Crippen LogP contribution in [0.5, 0.6) is 11.5 Å². The monoisotopic (exact) mass is 456 g/mol. The lowest BCUT2D eigenvalue weighted by molar-refractivity contribution is -0.124. The first-order valence-corrected chi connectivity index (χ1v) is 11.0. The molecule has 0 spiro atoms. The van der Waals surface area contributed by atoms with Crippen molar-refractivity contribution in [2.24, 2.45) is 0 Å². The maximum absolute atomic E-state index is 11.9. The molecule has 0 saturated carbocycles. The van der Waals surface area contributed by atoms with Gasteiger partial charge in [-0.1, -0.05) is 18.2 Å². The summed E-state index contributed by atoms with van der Waals surface area (Å²) >= 11 is 0. The third kappa shape index (κ3) is 4.25. The summed E-state index contributed by atoms with van der Waals surface area (Å²) < 4.78 is 7.65. The number of anilines is 2. The summed E-state index contributed by atoms with van der Waals surface area (Å²) in [4.78, 5) is 22.2. The van der Waals surface area contributed by atoms with Gasteiger partial charge in [-0.25, -0.2) is 14.6 Å². The molecule has 0 aliphatic carbocycles. The van der Waals surface area contributed by atoms with Crippen LogP contribution >= 0.6 is 0 Å². The molecule has 10 heteroatoms. The van der Waals surface area contributed by atoms with Gasteiger partial charge in [-0.15, -0.1) is 0 Å². The van der Waals surface area contributed by atoms with Gasteiger partial charge >= 0.3 is 0 Å². The van der Waals surface area contributed by atoms with Crippen molar-refractivity contribution in [3.8, 4) is 17.2 Å². The Kier molecular flexibility index (Phi) is 5.77. The molecule has 4 aromatic rings. The standard InChI is InChI=1S/C24H24N8O2/c25-12-21(33)31-10-4-5-17(14-31)30-24-22(23(26)27-15-28-24)32-20-9-8-19(11-16(20)13-29-32)34-18-6-2-1-3-7-18/h1-3,6-9,11-13,15,17,25H,4-5,10,14H2,(H3,26,27,28,30)/t17-/m1/s1. The first kappa shape index (κ1) is 21.4. The number of aromatic nitrogens is 4. The smallest absolute Gasteiger partial charge is 0.264 e. The Morgan fingerprint density at radius 2 is 2.03 bits per heavy atom. The molecule has 10 nitrogen and oxygen atoms in total. The first-order chi connectivity index (χ1) is 16.6. The number of benzene rings is 2. The van der Waals surface area contributed by atoms with Crippen LogP contribution in [0.4, 0.5) is 11.6 Å². The number of nitrogens with one attached hydrogen (secondary N) is 2. The van der Waals surface area contributed by atoms with Crippen molar-refractivity contribution in [3.05, 3.63) is 61.1 Å². The van der Waals surface area contributed by atoms with E-state index in [0.29, 0.717) is 30.3 Å². The van der Waals surface area contributed by atoms with Gasteiger partial charge in [0.05, 0.1) is 17.9 Å². The molecule has 1 amide bonds. The number of nitrogens with zero attached hydrogens (tertiary/aromatic N) is 5. The van der Waals surface area contributed by atoms with Gasteiger partial charge in [0, 0.05) is 24.5 Å². The number of piperidine rings is 1. The van der Waals surface area contributed by atoms with E-state index >= 15 is 0 Å². The zero-order valence-electron chi connectivity index (χ0n) is 18.4. The minimum absolute atomic E-state index is 0.0293. The molecule has 1 aliphatic rings. The van der Waals surface area contributed by atoms with Crippen molar-refractivity contribution in [2.75, 3.05) is 24.1 Å². The lowest BCUT2D eigenvalue weighted by Gasteiger charge is -2.32. The van der Waals surface area contributed by atoms with Crippen molar-refractivity contribution in [1.82, 2.24) is 24.6 Å². The number of ether oxygens (including phenoxy) is 1. The normalized spacial score (nSPS) is 15.8. The molecule has 3 heterocycles. The fourth-order valence-corrected chi connectivity index (χ4v) is 4.16. The molecule has 2 aromatic heterocycles. The highest BCUT2D eigenvalue weighted by Crippen LogP contribution is 2.30. The second-order valence-electron chi connectivity index (χ2n) is 8.06. The molecular formula is C24H24N8O2. The third-order valence-corrected chi connectivity index (χ3v) is 5.78. The molecule has 5 rings (SSSR count). The Balaban J connectivity index is 1.44. The highest BCUT2D eigenvalue weighted by atomic mass is 16.5. The molecule has 1 atom stereocenters. The largest absolute Gasteiger partial charge is 0.457 e. The van der Waals surface area contributed by atoms with Gasteiger partial charge in [0.1, 0.15) is 23.5 Å². The number of amides is 1. The number of rotatable bonds is 6. The summed E-state index contributed by atoms with van der Waals surface area (Å²) in [5.74, 6) is 1.99. The second kappa shape index (κ2) is 9.18. The van der Waals surface area contributed by atoms with E-state index < -0.39 is 0 Å². The summed E-state index contributed by atoms with van der Waals surface area (Å²) in [5.41, 5.74) is 7.64. The van der Waals surface area contributed by atoms with Crippen LogP contribution in [0.1, 0.15) is 12.8 Å². The van der Waals surface area contributed by atoms with E-state index in [1.54, 1.807) is 15.8 Å². The van der Waals surface area contributed by atoms with Crippen LogP contribution in [0, 0.1) is 5.41 Å². The van der Waals surface area contributed by atoms with Gasteiger partial charge in [0.25, 0.3) is 5.91 Å². The SMILES string of the molecule is N=CC(=O)N1CCC[C@@H](Nc2ncnc(N)c2-n2ncc3cc(Oc4ccccc4)ccc32)C1. The van der Waals surface area contributed by atoms with Crippen molar-refractivity contribution >= 4 is 34.7 Å². The van der Waals surface area contributed by atoms with Crippen molar-refractivity contribution in [3.63, 3.8) is 0 Å². The lowest BCUT2D eigenvalue weighted by Crippen LogP contribution is -2.45. The van der Waals surface area contributed by atoms with Crippen LogP contribution in [0.3, 0.4) is 0 Å². The Labute approximate surface area is 195 Å². The summed E-state index contributed by atoms with van der Waals surface area (Å²) in [5, 5.41) is 16.1. The number of likely N-dealkylation sites (tertiary alicyclic amines) is 1. The van der Waals surface area contributed by atoms with Crippen LogP contribution in [0.15, 0.2) is 61.1 Å². The minimum Gasteiger partial charge on any atom is -0.457 e. The molecule has 4 N–H and O–H groups in total. The zero-order chi connectivity index (χ0) is 23.5. The topological polar surface area (TPSA) is 135 Å². The molecular weight excluding hydrogens is 432 g/mol. The van der Waals surface area contributed by atoms with Crippen LogP contribution in [0.25, 0.3) is 16.6 Å². The summed E-state index contributed by atoms with van der Waals surface area (Å²) in [6, 6.07) is 15.3. The number of nitrogens with two attached hydrogens (primary N) is 1. The van der Waals surface area contributed by atoms with E-state index in [1.807, 2.05) is 48.5 Å². The van der Waals surface area contributed by atoms with Crippen molar-refractivity contribution < 1.29 is 9.53 Å². The zero-order valence-corrected chi connectivity index (χ0v) is 18.4. The summed E-state index contributed by atoms with van der Waals surface area (Å²) in [6.07, 6.45) is 5.70.